The van der Waals surface area contributed by atoms with E-state index in [9.17, 15) is 4.79 Å². The molecule has 0 atom stereocenters. The summed E-state index contributed by atoms with van der Waals surface area (Å²) in [6, 6.07) is 7.54. The van der Waals surface area contributed by atoms with Gasteiger partial charge in [0, 0.05) is 35.8 Å². The monoisotopic (exact) mass is 256 g/mol. The van der Waals surface area contributed by atoms with Crippen LogP contribution in [0, 0.1) is 6.92 Å². The normalized spacial score (nSPS) is 11.1. The van der Waals surface area contributed by atoms with E-state index in [1.165, 1.54) is 11.6 Å². The number of benzene rings is 1. The van der Waals surface area contributed by atoms with Gasteiger partial charge in [0.2, 0.25) is 0 Å². The minimum Gasteiger partial charge on any atom is -0.476 e. The third kappa shape index (κ3) is 1.79. The number of hydrogen-bond donors (Lipinski definition) is 1. The van der Waals surface area contributed by atoms with E-state index >= 15 is 0 Å². The van der Waals surface area contributed by atoms with E-state index in [1.807, 2.05) is 36.9 Å². The number of carboxylic acids is 1. The fraction of sp³-hybridized carbons (Fsp3) is 0.143. The van der Waals surface area contributed by atoms with Crippen molar-refractivity contribution >= 4 is 16.9 Å². The number of aryl methyl sites for hydroxylation is 2. The molecule has 0 unspecified atom stereocenters. The molecule has 5 nitrogen and oxygen atoms in total. The summed E-state index contributed by atoms with van der Waals surface area (Å²) in [5.74, 6) is -0.627. The first kappa shape index (κ1) is 11.5. The summed E-state index contributed by atoms with van der Waals surface area (Å²) >= 11 is 0. The Kier molecular flexibility index (Phi) is 2.41. The van der Waals surface area contributed by atoms with Crippen molar-refractivity contribution < 1.29 is 14.4 Å². The van der Waals surface area contributed by atoms with Crippen LogP contribution in [-0.2, 0) is 7.05 Å². The SMILES string of the molecule is Cc1ccc2c(-c3cc(C(=O)O)no3)cn(C)c2c1. The maximum absolute atomic E-state index is 10.8. The van der Waals surface area contributed by atoms with Crippen LogP contribution < -0.4 is 0 Å². The Morgan fingerprint density at radius 2 is 2.16 bits per heavy atom. The maximum Gasteiger partial charge on any atom is 0.358 e. The highest BCUT2D eigenvalue weighted by Gasteiger charge is 2.16. The molecule has 0 spiro atoms. The van der Waals surface area contributed by atoms with Crippen LogP contribution in [0.4, 0.5) is 0 Å². The molecule has 0 aliphatic rings. The van der Waals surface area contributed by atoms with Crippen LogP contribution in [0.3, 0.4) is 0 Å². The number of rotatable bonds is 2. The van der Waals surface area contributed by atoms with Crippen LogP contribution >= 0.6 is 0 Å². The average molecular weight is 256 g/mol. The minimum absolute atomic E-state index is 0.0842. The van der Waals surface area contributed by atoms with E-state index in [1.54, 1.807) is 0 Å². The Bertz CT molecular complexity index is 783. The molecule has 3 aromatic rings. The summed E-state index contributed by atoms with van der Waals surface area (Å²) in [6.45, 7) is 2.03. The molecule has 2 aromatic heterocycles. The van der Waals surface area contributed by atoms with Crippen LogP contribution in [0.5, 0.6) is 0 Å². The second-order valence-electron chi connectivity index (χ2n) is 4.56. The molecule has 0 bridgehead atoms. The standard InChI is InChI=1S/C14H12N2O3/c1-8-3-4-9-10(7-16(2)12(9)5-8)13-6-11(14(17)18)15-19-13/h3-7H,1-2H3,(H,17,18). The quantitative estimate of drug-likeness (QED) is 0.765. The number of hydrogen-bond acceptors (Lipinski definition) is 3. The molecule has 1 N–H and O–H groups in total. The van der Waals surface area contributed by atoms with Gasteiger partial charge in [0.05, 0.1) is 0 Å². The first-order valence-electron chi connectivity index (χ1n) is 5.82. The van der Waals surface area contributed by atoms with E-state index in [0.717, 1.165) is 16.5 Å². The highest BCUT2D eigenvalue weighted by Crippen LogP contribution is 2.31. The summed E-state index contributed by atoms with van der Waals surface area (Å²) in [7, 11) is 1.94. The van der Waals surface area contributed by atoms with E-state index < -0.39 is 5.97 Å². The van der Waals surface area contributed by atoms with Crippen molar-refractivity contribution in [3.05, 3.63) is 41.7 Å². The van der Waals surface area contributed by atoms with Gasteiger partial charge in [-0.1, -0.05) is 17.3 Å². The van der Waals surface area contributed by atoms with Crippen LogP contribution in [0.2, 0.25) is 0 Å². The van der Waals surface area contributed by atoms with Crippen LogP contribution in [0.25, 0.3) is 22.2 Å². The number of carbonyl (C=O) groups is 1. The van der Waals surface area contributed by atoms with E-state index in [4.69, 9.17) is 9.63 Å². The van der Waals surface area contributed by atoms with Gasteiger partial charge in [-0.05, 0) is 18.6 Å². The van der Waals surface area contributed by atoms with Crippen molar-refractivity contribution in [1.82, 2.24) is 9.72 Å². The van der Waals surface area contributed by atoms with Gasteiger partial charge < -0.3 is 14.2 Å². The third-order valence-electron chi connectivity index (χ3n) is 3.14. The van der Waals surface area contributed by atoms with Gasteiger partial charge in [-0.2, -0.15) is 0 Å². The molecule has 0 aliphatic carbocycles. The largest absolute Gasteiger partial charge is 0.476 e. The highest BCUT2D eigenvalue weighted by molar-refractivity contribution is 5.96. The summed E-state index contributed by atoms with van der Waals surface area (Å²) in [6.07, 6.45) is 1.91. The van der Waals surface area contributed by atoms with E-state index in [2.05, 4.69) is 11.2 Å². The van der Waals surface area contributed by atoms with Crippen molar-refractivity contribution in [2.75, 3.05) is 0 Å². The molecular formula is C14H12N2O3. The molecule has 0 amide bonds. The first-order valence-corrected chi connectivity index (χ1v) is 5.82. The summed E-state index contributed by atoms with van der Waals surface area (Å²) in [5.41, 5.74) is 3.00. The number of nitrogens with zero attached hydrogens (tertiary/aromatic N) is 2. The Hall–Kier alpha value is -2.56. The molecule has 2 heterocycles. The smallest absolute Gasteiger partial charge is 0.358 e. The predicted molar refractivity (Wildman–Crippen MR) is 70.1 cm³/mol. The molecule has 19 heavy (non-hydrogen) atoms. The van der Waals surface area contributed by atoms with Gasteiger partial charge in [-0.25, -0.2) is 4.79 Å². The summed E-state index contributed by atoms with van der Waals surface area (Å²) < 4.78 is 7.11. The highest BCUT2D eigenvalue weighted by atomic mass is 16.5. The second kappa shape index (κ2) is 3.98. The van der Waals surface area contributed by atoms with Crippen molar-refractivity contribution in [2.24, 2.45) is 7.05 Å². The Labute approximate surface area is 109 Å². The maximum atomic E-state index is 10.8. The molecule has 0 aliphatic heterocycles. The van der Waals surface area contributed by atoms with Crippen molar-refractivity contribution in [1.29, 1.82) is 0 Å². The van der Waals surface area contributed by atoms with Gasteiger partial charge in [0.25, 0.3) is 0 Å². The van der Waals surface area contributed by atoms with Gasteiger partial charge in [-0.3, -0.25) is 0 Å². The second-order valence-corrected chi connectivity index (χ2v) is 4.56. The summed E-state index contributed by atoms with van der Waals surface area (Å²) in [4.78, 5) is 10.8. The lowest BCUT2D eigenvalue weighted by molar-refractivity contribution is 0.0686. The topological polar surface area (TPSA) is 68.3 Å². The lowest BCUT2D eigenvalue weighted by atomic mass is 10.1. The molecule has 0 saturated heterocycles. The fourth-order valence-corrected chi connectivity index (χ4v) is 2.19. The zero-order chi connectivity index (χ0) is 13.6. The van der Waals surface area contributed by atoms with Gasteiger partial charge in [0.15, 0.2) is 11.5 Å². The van der Waals surface area contributed by atoms with E-state index in [-0.39, 0.29) is 5.69 Å². The first-order chi connectivity index (χ1) is 9.06. The Balaban J connectivity index is 2.22. The number of aromatic carboxylic acids is 1. The van der Waals surface area contributed by atoms with Crippen LogP contribution in [0.15, 0.2) is 35.0 Å². The molecule has 5 heteroatoms. The van der Waals surface area contributed by atoms with Gasteiger partial charge in [-0.15, -0.1) is 0 Å². The van der Waals surface area contributed by atoms with Crippen molar-refractivity contribution in [2.45, 2.75) is 6.92 Å². The zero-order valence-electron chi connectivity index (χ0n) is 10.5. The van der Waals surface area contributed by atoms with Crippen molar-refractivity contribution in [3.63, 3.8) is 0 Å². The van der Waals surface area contributed by atoms with Gasteiger partial charge >= 0.3 is 5.97 Å². The average Bonchev–Trinajstić information content (AvgIpc) is 2.95. The minimum atomic E-state index is -1.09. The molecule has 0 saturated carbocycles. The third-order valence-corrected chi connectivity index (χ3v) is 3.14. The number of carboxylic acid groups (broad SMARTS) is 1. The van der Waals surface area contributed by atoms with Crippen molar-refractivity contribution in [3.8, 4) is 11.3 Å². The summed E-state index contributed by atoms with van der Waals surface area (Å²) in [5, 5.41) is 13.4. The molecule has 0 fully saturated rings. The number of fused-ring (bicyclic) bond motifs is 1. The lowest BCUT2D eigenvalue weighted by Gasteiger charge is -1.97. The van der Waals surface area contributed by atoms with E-state index in [0.29, 0.717) is 5.76 Å². The Morgan fingerprint density at radius 3 is 2.84 bits per heavy atom. The fourth-order valence-electron chi connectivity index (χ4n) is 2.19. The van der Waals surface area contributed by atoms with Crippen LogP contribution in [-0.4, -0.2) is 20.8 Å². The van der Waals surface area contributed by atoms with Crippen LogP contribution in [0.1, 0.15) is 16.1 Å². The molecule has 96 valence electrons. The molecule has 3 rings (SSSR count). The number of aromatic nitrogens is 2. The molecule has 1 aromatic carbocycles. The molecular weight excluding hydrogens is 244 g/mol. The zero-order valence-corrected chi connectivity index (χ0v) is 10.5. The Morgan fingerprint density at radius 1 is 1.37 bits per heavy atom. The predicted octanol–water partition coefficient (Wildman–Crippen LogP) is 2.84. The lowest BCUT2D eigenvalue weighted by Crippen LogP contribution is -1.94. The molecule has 0 radical (unpaired) electrons. The van der Waals surface area contributed by atoms with Gasteiger partial charge in [0.1, 0.15) is 0 Å².